The summed E-state index contributed by atoms with van der Waals surface area (Å²) in [4.78, 5) is 0.00533. The molecule has 0 saturated heterocycles. The smallest absolute Gasteiger partial charge is 0.233 e. The molecule has 0 radical (unpaired) electrons. The minimum absolute atomic E-state index is 0.00533. The number of aromatic nitrogens is 2. The fourth-order valence-corrected chi connectivity index (χ4v) is 3.25. The molecule has 1 heterocycles. The van der Waals surface area contributed by atoms with Crippen LogP contribution in [0.15, 0.2) is 29.2 Å². The van der Waals surface area contributed by atoms with E-state index in [1.165, 1.54) is 10.7 Å². The van der Waals surface area contributed by atoms with Crippen molar-refractivity contribution in [2.75, 3.05) is 0 Å². The molecule has 0 atom stereocenters. The van der Waals surface area contributed by atoms with E-state index in [1.807, 2.05) is 0 Å². The van der Waals surface area contributed by atoms with Crippen LogP contribution in [0.1, 0.15) is 25.2 Å². The van der Waals surface area contributed by atoms with Gasteiger partial charge in [0.1, 0.15) is 16.4 Å². The largest absolute Gasteiger partial charge is 0.241 e. The summed E-state index contributed by atoms with van der Waals surface area (Å²) in [5.74, 6) is -0.465. The molecule has 7 heteroatoms. The van der Waals surface area contributed by atoms with Crippen LogP contribution in [0.4, 0.5) is 4.39 Å². The number of nitrogens with zero attached hydrogens (tertiary/aromatic N) is 2. The van der Waals surface area contributed by atoms with Gasteiger partial charge in [-0.1, -0.05) is 26.0 Å². The molecule has 5 nitrogen and oxygen atoms in total. The standard InChI is InChI=1S/C13H16FN3O2S/c1-3-10-13(20(15,18)19)11(4-2)17(16-10)12-8-6-5-7-9(12)14/h5-8H,3-4H2,1-2H3,(H2,15,18,19). The number of halogens is 1. The van der Waals surface area contributed by atoms with E-state index in [4.69, 9.17) is 5.14 Å². The molecule has 2 aromatic rings. The Kier molecular flexibility index (Phi) is 3.92. The molecule has 0 saturated carbocycles. The highest BCUT2D eigenvalue weighted by molar-refractivity contribution is 7.89. The second-order valence-corrected chi connectivity index (χ2v) is 5.84. The van der Waals surface area contributed by atoms with Gasteiger partial charge in [-0.3, -0.25) is 0 Å². The highest BCUT2D eigenvalue weighted by Crippen LogP contribution is 2.24. The average molecular weight is 297 g/mol. The number of hydrogen-bond donors (Lipinski definition) is 1. The lowest BCUT2D eigenvalue weighted by Crippen LogP contribution is -2.16. The Bertz CT molecular complexity index is 738. The van der Waals surface area contributed by atoms with Crippen molar-refractivity contribution in [2.45, 2.75) is 31.6 Å². The Morgan fingerprint density at radius 1 is 1.25 bits per heavy atom. The first-order valence-electron chi connectivity index (χ1n) is 6.28. The van der Waals surface area contributed by atoms with Gasteiger partial charge >= 0.3 is 0 Å². The molecular formula is C13H16FN3O2S. The highest BCUT2D eigenvalue weighted by Gasteiger charge is 2.25. The maximum atomic E-state index is 13.9. The highest BCUT2D eigenvalue weighted by atomic mass is 32.2. The van der Waals surface area contributed by atoms with Crippen molar-refractivity contribution in [1.29, 1.82) is 0 Å². The van der Waals surface area contributed by atoms with E-state index in [2.05, 4.69) is 5.10 Å². The summed E-state index contributed by atoms with van der Waals surface area (Å²) in [7, 11) is -3.89. The van der Waals surface area contributed by atoms with Crippen molar-refractivity contribution >= 4 is 10.0 Å². The summed E-state index contributed by atoms with van der Waals surface area (Å²) >= 11 is 0. The van der Waals surface area contributed by atoms with Gasteiger partial charge in [0, 0.05) is 0 Å². The second-order valence-electron chi connectivity index (χ2n) is 4.34. The van der Waals surface area contributed by atoms with Crippen molar-refractivity contribution in [2.24, 2.45) is 5.14 Å². The Balaban J connectivity index is 2.80. The van der Waals surface area contributed by atoms with E-state index < -0.39 is 15.8 Å². The molecule has 0 spiro atoms. The molecule has 0 aliphatic rings. The molecule has 0 amide bonds. The van der Waals surface area contributed by atoms with E-state index in [1.54, 1.807) is 32.0 Å². The molecule has 1 aromatic carbocycles. The normalized spacial score (nSPS) is 11.8. The molecule has 0 aliphatic carbocycles. The van der Waals surface area contributed by atoms with Gasteiger partial charge in [-0.05, 0) is 25.0 Å². The van der Waals surface area contributed by atoms with Crippen LogP contribution in [-0.4, -0.2) is 18.2 Å². The van der Waals surface area contributed by atoms with Crippen LogP contribution in [0.5, 0.6) is 0 Å². The van der Waals surface area contributed by atoms with Gasteiger partial charge in [0.15, 0.2) is 0 Å². The number of para-hydroxylation sites is 1. The first-order chi connectivity index (χ1) is 9.40. The van der Waals surface area contributed by atoms with Crippen LogP contribution in [-0.2, 0) is 22.9 Å². The molecule has 2 rings (SSSR count). The summed E-state index contributed by atoms with van der Waals surface area (Å²) in [5.41, 5.74) is 0.969. The Hall–Kier alpha value is -1.73. The van der Waals surface area contributed by atoms with Crippen molar-refractivity contribution in [3.8, 4) is 5.69 Å². The average Bonchev–Trinajstić information content (AvgIpc) is 2.77. The first-order valence-corrected chi connectivity index (χ1v) is 7.83. The van der Waals surface area contributed by atoms with E-state index in [0.29, 0.717) is 24.2 Å². The minimum Gasteiger partial charge on any atom is -0.233 e. The van der Waals surface area contributed by atoms with Gasteiger partial charge in [0.2, 0.25) is 10.0 Å². The maximum absolute atomic E-state index is 13.9. The number of sulfonamides is 1. The van der Waals surface area contributed by atoms with Gasteiger partial charge in [-0.2, -0.15) is 5.10 Å². The molecule has 1 aromatic heterocycles. The van der Waals surface area contributed by atoms with Gasteiger partial charge in [-0.15, -0.1) is 0 Å². The van der Waals surface area contributed by atoms with Crippen LogP contribution in [0.2, 0.25) is 0 Å². The number of rotatable bonds is 4. The molecule has 108 valence electrons. The van der Waals surface area contributed by atoms with Crippen LogP contribution in [0.3, 0.4) is 0 Å². The molecule has 0 aliphatic heterocycles. The number of primary sulfonamides is 1. The van der Waals surface area contributed by atoms with E-state index in [9.17, 15) is 12.8 Å². The van der Waals surface area contributed by atoms with Crippen LogP contribution >= 0.6 is 0 Å². The fourth-order valence-electron chi connectivity index (χ4n) is 2.18. The van der Waals surface area contributed by atoms with Crippen LogP contribution in [0.25, 0.3) is 5.69 Å². The van der Waals surface area contributed by atoms with Gasteiger partial charge in [0.25, 0.3) is 0 Å². The van der Waals surface area contributed by atoms with Crippen LogP contribution < -0.4 is 5.14 Å². The lowest BCUT2D eigenvalue weighted by atomic mass is 10.2. The lowest BCUT2D eigenvalue weighted by Gasteiger charge is -2.07. The zero-order valence-electron chi connectivity index (χ0n) is 11.3. The monoisotopic (exact) mass is 297 g/mol. The Morgan fingerprint density at radius 3 is 2.40 bits per heavy atom. The predicted molar refractivity (Wildman–Crippen MR) is 73.7 cm³/mol. The number of hydrogen-bond acceptors (Lipinski definition) is 3. The molecule has 0 fully saturated rings. The molecular weight excluding hydrogens is 281 g/mol. The van der Waals surface area contributed by atoms with E-state index >= 15 is 0 Å². The van der Waals surface area contributed by atoms with Gasteiger partial charge < -0.3 is 0 Å². The first kappa shape index (κ1) is 14.7. The molecule has 2 N–H and O–H groups in total. The third-order valence-corrected chi connectivity index (χ3v) is 4.08. The van der Waals surface area contributed by atoms with E-state index in [0.717, 1.165) is 0 Å². The Labute approximate surface area is 117 Å². The third kappa shape index (κ3) is 2.46. The van der Waals surface area contributed by atoms with Gasteiger partial charge in [-0.25, -0.2) is 22.6 Å². The third-order valence-electron chi connectivity index (χ3n) is 3.04. The van der Waals surface area contributed by atoms with Crippen molar-refractivity contribution in [1.82, 2.24) is 9.78 Å². The van der Waals surface area contributed by atoms with Crippen molar-refractivity contribution < 1.29 is 12.8 Å². The number of benzene rings is 1. The second kappa shape index (κ2) is 5.34. The summed E-state index contributed by atoms with van der Waals surface area (Å²) in [6.07, 6.45) is 0.785. The number of aryl methyl sites for hydroxylation is 1. The molecule has 0 bridgehead atoms. The minimum atomic E-state index is -3.89. The molecule has 20 heavy (non-hydrogen) atoms. The van der Waals surface area contributed by atoms with Crippen molar-refractivity contribution in [3.05, 3.63) is 41.5 Å². The topological polar surface area (TPSA) is 78.0 Å². The fraction of sp³-hybridized carbons (Fsp3) is 0.308. The predicted octanol–water partition coefficient (Wildman–Crippen LogP) is 1.78. The zero-order chi connectivity index (χ0) is 14.9. The Morgan fingerprint density at radius 2 is 1.90 bits per heavy atom. The summed E-state index contributed by atoms with van der Waals surface area (Å²) in [5, 5.41) is 9.48. The molecule has 0 unspecified atom stereocenters. The lowest BCUT2D eigenvalue weighted by molar-refractivity contribution is 0.594. The SMILES string of the molecule is CCc1nn(-c2ccccc2F)c(CC)c1S(N)(=O)=O. The van der Waals surface area contributed by atoms with Gasteiger partial charge in [0.05, 0.1) is 11.4 Å². The summed E-state index contributed by atoms with van der Waals surface area (Å²) in [6.45, 7) is 3.56. The van der Waals surface area contributed by atoms with E-state index in [-0.39, 0.29) is 10.6 Å². The summed E-state index contributed by atoms with van der Waals surface area (Å²) in [6, 6.07) is 6.09. The summed E-state index contributed by atoms with van der Waals surface area (Å²) < 4.78 is 38.7. The van der Waals surface area contributed by atoms with Crippen molar-refractivity contribution in [3.63, 3.8) is 0 Å². The quantitative estimate of drug-likeness (QED) is 0.934. The zero-order valence-corrected chi connectivity index (χ0v) is 12.1. The number of nitrogens with two attached hydrogens (primary N) is 1. The maximum Gasteiger partial charge on any atom is 0.241 e. The van der Waals surface area contributed by atoms with Crippen LogP contribution in [0, 0.1) is 5.82 Å².